The Labute approximate surface area is 142 Å². The number of benzene rings is 2. The molecule has 1 amide bonds. The number of hydrogen-bond donors (Lipinski definition) is 2. The zero-order valence-electron chi connectivity index (χ0n) is 13.9. The Morgan fingerprint density at radius 3 is 2.38 bits per heavy atom. The van der Waals surface area contributed by atoms with Gasteiger partial charge in [-0.2, -0.15) is 0 Å². The largest absolute Gasteiger partial charge is 0.480 e. The molecule has 24 heavy (non-hydrogen) atoms. The number of carboxylic acid groups (broad SMARTS) is 1. The van der Waals surface area contributed by atoms with Crippen molar-refractivity contribution in [2.24, 2.45) is 0 Å². The Hall–Kier alpha value is -2.62. The van der Waals surface area contributed by atoms with Gasteiger partial charge >= 0.3 is 5.97 Å². The third-order valence-electron chi connectivity index (χ3n) is 3.93. The van der Waals surface area contributed by atoms with E-state index in [2.05, 4.69) is 5.32 Å². The zero-order valence-corrected chi connectivity index (χ0v) is 13.9. The summed E-state index contributed by atoms with van der Waals surface area (Å²) in [6, 6.07) is 16.7. The Kier molecular flexibility index (Phi) is 6.55. The van der Waals surface area contributed by atoms with Gasteiger partial charge in [0.25, 0.3) is 0 Å². The highest BCUT2D eigenvalue weighted by Gasteiger charge is 2.19. The number of nitrogens with one attached hydrogen (secondary N) is 1. The Morgan fingerprint density at radius 2 is 1.71 bits per heavy atom. The molecule has 0 unspecified atom stereocenters. The molecule has 4 heteroatoms. The van der Waals surface area contributed by atoms with Crippen LogP contribution >= 0.6 is 0 Å². The Morgan fingerprint density at radius 1 is 1.04 bits per heavy atom. The minimum absolute atomic E-state index is 0.168. The van der Waals surface area contributed by atoms with Crippen molar-refractivity contribution in [1.82, 2.24) is 5.32 Å². The minimum Gasteiger partial charge on any atom is -0.480 e. The number of carboxylic acids is 1. The summed E-state index contributed by atoms with van der Waals surface area (Å²) in [6.07, 6.45) is 2.30. The quantitative estimate of drug-likeness (QED) is 0.778. The molecule has 2 aromatic rings. The number of rotatable bonds is 8. The second-order valence-electron chi connectivity index (χ2n) is 5.80. The van der Waals surface area contributed by atoms with Gasteiger partial charge in [-0.05, 0) is 23.1 Å². The molecular formula is C20H23NO3. The lowest BCUT2D eigenvalue weighted by Gasteiger charge is -2.15. The SMILES string of the molecule is CCCC[C@H](NC(=O)Cc1ccccc1-c1ccccc1)C(=O)O. The van der Waals surface area contributed by atoms with Gasteiger partial charge in [0.2, 0.25) is 5.91 Å². The average Bonchev–Trinajstić information content (AvgIpc) is 2.59. The Bertz CT molecular complexity index is 682. The van der Waals surface area contributed by atoms with Crippen molar-refractivity contribution in [3.63, 3.8) is 0 Å². The number of hydrogen-bond acceptors (Lipinski definition) is 2. The first-order valence-corrected chi connectivity index (χ1v) is 8.27. The van der Waals surface area contributed by atoms with Crippen molar-refractivity contribution < 1.29 is 14.7 Å². The van der Waals surface area contributed by atoms with E-state index in [0.717, 1.165) is 29.5 Å². The summed E-state index contributed by atoms with van der Waals surface area (Å²) in [5, 5.41) is 11.9. The third kappa shape index (κ3) is 4.95. The van der Waals surface area contributed by atoms with Crippen LogP contribution in [0.3, 0.4) is 0 Å². The first kappa shape index (κ1) is 17.7. The van der Waals surface area contributed by atoms with E-state index in [9.17, 15) is 14.7 Å². The van der Waals surface area contributed by atoms with E-state index in [4.69, 9.17) is 0 Å². The summed E-state index contributed by atoms with van der Waals surface area (Å²) in [7, 11) is 0. The van der Waals surface area contributed by atoms with E-state index in [-0.39, 0.29) is 12.3 Å². The van der Waals surface area contributed by atoms with Crippen LogP contribution in [0.15, 0.2) is 54.6 Å². The molecule has 4 nitrogen and oxygen atoms in total. The molecule has 0 spiro atoms. The monoisotopic (exact) mass is 325 g/mol. The summed E-state index contributed by atoms with van der Waals surface area (Å²) in [4.78, 5) is 23.6. The zero-order chi connectivity index (χ0) is 17.4. The van der Waals surface area contributed by atoms with Crippen LogP contribution in [0.1, 0.15) is 31.7 Å². The normalized spacial score (nSPS) is 11.7. The van der Waals surface area contributed by atoms with E-state index in [1.54, 1.807) is 0 Å². The predicted molar refractivity (Wildman–Crippen MR) is 94.7 cm³/mol. The van der Waals surface area contributed by atoms with Crippen molar-refractivity contribution >= 4 is 11.9 Å². The fourth-order valence-electron chi connectivity index (χ4n) is 2.66. The molecule has 126 valence electrons. The Balaban J connectivity index is 2.11. The van der Waals surface area contributed by atoms with Crippen molar-refractivity contribution in [3.8, 4) is 11.1 Å². The molecule has 0 aliphatic rings. The van der Waals surface area contributed by atoms with Crippen molar-refractivity contribution in [2.45, 2.75) is 38.6 Å². The lowest BCUT2D eigenvalue weighted by atomic mass is 9.97. The smallest absolute Gasteiger partial charge is 0.326 e. The fourth-order valence-corrected chi connectivity index (χ4v) is 2.66. The molecule has 0 fully saturated rings. The third-order valence-corrected chi connectivity index (χ3v) is 3.93. The van der Waals surface area contributed by atoms with E-state index in [1.807, 2.05) is 61.5 Å². The number of carbonyl (C=O) groups is 2. The van der Waals surface area contributed by atoms with Gasteiger partial charge in [-0.25, -0.2) is 4.79 Å². The summed E-state index contributed by atoms with van der Waals surface area (Å²) in [6.45, 7) is 2.00. The topological polar surface area (TPSA) is 66.4 Å². The van der Waals surface area contributed by atoms with E-state index < -0.39 is 12.0 Å². The van der Waals surface area contributed by atoms with Crippen LogP contribution < -0.4 is 5.32 Å². The second-order valence-corrected chi connectivity index (χ2v) is 5.80. The molecule has 0 saturated carbocycles. The van der Waals surface area contributed by atoms with Crippen LogP contribution in [0.2, 0.25) is 0 Å². The second kappa shape index (κ2) is 8.87. The number of unbranched alkanes of at least 4 members (excludes halogenated alkanes) is 1. The summed E-state index contributed by atoms with van der Waals surface area (Å²) in [5.74, 6) is -1.24. The van der Waals surface area contributed by atoms with Crippen LogP contribution in [0.25, 0.3) is 11.1 Å². The van der Waals surface area contributed by atoms with Gasteiger partial charge in [-0.15, -0.1) is 0 Å². The van der Waals surface area contributed by atoms with Crippen LogP contribution in [0.5, 0.6) is 0 Å². The van der Waals surface area contributed by atoms with E-state index in [0.29, 0.717) is 6.42 Å². The highest BCUT2D eigenvalue weighted by Crippen LogP contribution is 2.23. The van der Waals surface area contributed by atoms with Crippen LogP contribution in [0, 0.1) is 0 Å². The van der Waals surface area contributed by atoms with Gasteiger partial charge < -0.3 is 10.4 Å². The number of carbonyl (C=O) groups excluding carboxylic acids is 1. The van der Waals surface area contributed by atoms with E-state index in [1.165, 1.54) is 0 Å². The minimum atomic E-state index is -0.979. The fraction of sp³-hybridized carbons (Fsp3) is 0.300. The molecule has 0 aromatic heterocycles. The molecule has 0 saturated heterocycles. The van der Waals surface area contributed by atoms with Crippen LogP contribution in [0.4, 0.5) is 0 Å². The average molecular weight is 325 g/mol. The summed E-state index contributed by atoms with van der Waals surface area (Å²) >= 11 is 0. The molecule has 0 aliphatic carbocycles. The van der Waals surface area contributed by atoms with Crippen LogP contribution in [-0.4, -0.2) is 23.0 Å². The number of aliphatic carboxylic acids is 1. The van der Waals surface area contributed by atoms with Crippen molar-refractivity contribution in [2.75, 3.05) is 0 Å². The van der Waals surface area contributed by atoms with Crippen molar-refractivity contribution in [3.05, 3.63) is 60.2 Å². The highest BCUT2D eigenvalue weighted by molar-refractivity contribution is 5.86. The van der Waals surface area contributed by atoms with Gasteiger partial charge in [0.1, 0.15) is 6.04 Å². The van der Waals surface area contributed by atoms with E-state index >= 15 is 0 Å². The summed E-state index contributed by atoms with van der Waals surface area (Å²) < 4.78 is 0. The molecule has 0 heterocycles. The molecule has 2 N–H and O–H groups in total. The predicted octanol–water partition coefficient (Wildman–Crippen LogP) is 3.66. The number of amides is 1. The molecule has 0 aliphatic heterocycles. The molecule has 0 radical (unpaired) electrons. The molecular weight excluding hydrogens is 302 g/mol. The van der Waals surface area contributed by atoms with Crippen molar-refractivity contribution in [1.29, 1.82) is 0 Å². The van der Waals surface area contributed by atoms with Gasteiger partial charge in [0.15, 0.2) is 0 Å². The van der Waals surface area contributed by atoms with Gasteiger partial charge in [-0.3, -0.25) is 4.79 Å². The lowest BCUT2D eigenvalue weighted by molar-refractivity contribution is -0.141. The maximum atomic E-state index is 12.3. The van der Waals surface area contributed by atoms with Crippen LogP contribution in [-0.2, 0) is 16.0 Å². The van der Waals surface area contributed by atoms with Gasteiger partial charge in [0, 0.05) is 0 Å². The molecule has 0 bridgehead atoms. The lowest BCUT2D eigenvalue weighted by Crippen LogP contribution is -2.41. The summed E-state index contributed by atoms with van der Waals surface area (Å²) in [5.41, 5.74) is 2.93. The standard InChI is InChI=1S/C20H23NO3/c1-2-3-13-18(20(23)24)21-19(22)14-16-11-7-8-12-17(16)15-9-5-4-6-10-15/h4-12,18H,2-3,13-14H2,1H3,(H,21,22)(H,23,24)/t18-/m0/s1. The maximum absolute atomic E-state index is 12.3. The maximum Gasteiger partial charge on any atom is 0.326 e. The first-order chi connectivity index (χ1) is 11.6. The van der Waals surface area contributed by atoms with Gasteiger partial charge in [0.05, 0.1) is 6.42 Å². The molecule has 2 aromatic carbocycles. The van der Waals surface area contributed by atoms with Gasteiger partial charge in [-0.1, -0.05) is 74.4 Å². The highest BCUT2D eigenvalue weighted by atomic mass is 16.4. The molecule has 1 atom stereocenters. The first-order valence-electron chi connectivity index (χ1n) is 8.27. The molecule has 2 rings (SSSR count).